The summed E-state index contributed by atoms with van der Waals surface area (Å²) in [5, 5.41) is 4.39. The second-order valence-corrected chi connectivity index (χ2v) is 7.33. The standard InChI is InChI=1S/C16H18N4O3S/c1-11(2)15-18-14(19-23-15)9-24(22)8-7-20-10-17-13-6-4-3-5-12(13)16(20)21/h3-6,10-11H,7-9H2,1-2H3/t24-/m0/s1. The lowest BCUT2D eigenvalue weighted by molar-refractivity contribution is 0.362. The highest BCUT2D eigenvalue weighted by Crippen LogP contribution is 2.11. The molecule has 0 aliphatic heterocycles. The Kier molecular flexibility index (Phi) is 4.84. The Labute approximate surface area is 141 Å². The van der Waals surface area contributed by atoms with Crippen molar-refractivity contribution in [1.82, 2.24) is 19.7 Å². The second-order valence-electron chi connectivity index (χ2n) is 5.75. The predicted molar refractivity (Wildman–Crippen MR) is 91.1 cm³/mol. The lowest BCUT2D eigenvalue weighted by atomic mass is 10.2. The van der Waals surface area contributed by atoms with E-state index in [9.17, 15) is 9.00 Å². The summed E-state index contributed by atoms with van der Waals surface area (Å²) in [6.07, 6.45) is 1.49. The lowest BCUT2D eigenvalue weighted by Crippen LogP contribution is -2.23. The minimum absolute atomic E-state index is 0.126. The van der Waals surface area contributed by atoms with Gasteiger partial charge in [-0.2, -0.15) is 4.98 Å². The summed E-state index contributed by atoms with van der Waals surface area (Å²) in [5.41, 5.74) is 0.534. The van der Waals surface area contributed by atoms with Gasteiger partial charge < -0.3 is 4.52 Å². The van der Waals surface area contributed by atoms with Crippen LogP contribution < -0.4 is 5.56 Å². The molecule has 0 fully saturated rings. The summed E-state index contributed by atoms with van der Waals surface area (Å²) in [4.78, 5) is 20.8. The molecule has 3 aromatic rings. The van der Waals surface area contributed by atoms with Gasteiger partial charge in [-0.15, -0.1) is 0 Å². The molecule has 2 heterocycles. The van der Waals surface area contributed by atoms with Crippen molar-refractivity contribution in [3.8, 4) is 0 Å². The van der Waals surface area contributed by atoms with E-state index in [1.165, 1.54) is 10.9 Å². The Hall–Kier alpha value is -2.35. The topological polar surface area (TPSA) is 90.9 Å². The third kappa shape index (κ3) is 3.59. The third-order valence-electron chi connectivity index (χ3n) is 3.56. The van der Waals surface area contributed by atoms with Gasteiger partial charge >= 0.3 is 0 Å². The normalized spacial score (nSPS) is 12.8. The molecule has 7 nitrogen and oxygen atoms in total. The zero-order chi connectivity index (χ0) is 17.1. The molecule has 2 aromatic heterocycles. The van der Waals surface area contributed by atoms with Crippen LogP contribution in [0.15, 0.2) is 39.9 Å². The first-order valence-corrected chi connectivity index (χ1v) is 9.15. The molecule has 0 saturated heterocycles. The van der Waals surface area contributed by atoms with Crippen LogP contribution >= 0.6 is 0 Å². The molecule has 1 aromatic carbocycles. The van der Waals surface area contributed by atoms with E-state index in [0.29, 0.717) is 34.9 Å². The Balaban J connectivity index is 1.66. The van der Waals surface area contributed by atoms with Gasteiger partial charge in [0.15, 0.2) is 5.82 Å². The highest BCUT2D eigenvalue weighted by Gasteiger charge is 2.13. The molecule has 0 radical (unpaired) electrons. The number of benzene rings is 1. The van der Waals surface area contributed by atoms with Gasteiger partial charge in [0.2, 0.25) is 5.89 Å². The van der Waals surface area contributed by atoms with Crippen LogP contribution in [-0.2, 0) is 23.1 Å². The molecule has 0 spiro atoms. The van der Waals surface area contributed by atoms with Crippen LogP contribution in [0, 0.1) is 0 Å². The van der Waals surface area contributed by atoms with Crippen molar-refractivity contribution in [2.75, 3.05) is 5.75 Å². The van der Waals surface area contributed by atoms with Crippen LogP contribution in [0.4, 0.5) is 0 Å². The maximum absolute atomic E-state index is 12.4. The summed E-state index contributed by atoms with van der Waals surface area (Å²) < 4.78 is 18.8. The summed E-state index contributed by atoms with van der Waals surface area (Å²) in [6.45, 7) is 4.24. The van der Waals surface area contributed by atoms with Crippen molar-refractivity contribution < 1.29 is 8.73 Å². The molecule has 3 rings (SSSR count). The van der Waals surface area contributed by atoms with E-state index in [-0.39, 0.29) is 17.2 Å². The van der Waals surface area contributed by atoms with E-state index in [2.05, 4.69) is 15.1 Å². The van der Waals surface area contributed by atoms with Crippen molar-refractivity contribution in [2.24, 2.45) is 0 Å². The molecule has 0 aliphatic rings. The Morgan fingerprint density at radius 1 is 1.29 bits per heavy atom. The summed E-state index contributed by atoms with van der Waals surface area (Å²) in [5.74, 6) is 1.65. The maximum atomic E-state index is 12.4. The van der Waals surface area contributed by atoms with E-state index >= 15 is 0 Å². The van der Waals surface area contributed by atoms with Gasteiger partial charge in [-0.1, -0.05) is 31.1 Å². The molecule has 0 aliphatic carbocycles. The van der Waals surface area contributed by atoms with Crippen LogP contribution in [0.5, 0.6) is 0 Å². The van der Waals surface area contributed by atoms with Gasteiger partial charge in [0.1, 0.15) is 0 Å². The number of hydrogen-bond acceptors (Lipinski definition) is 6. The van der Waals surface area contributed by atoms with Gasteiger partial charge in [-0.05, 0) is 12.1 Å². The fourth-order valence-corrected chi connectivity index (χ4v) is 3.19. The summed E-state index contributed by atoms with van der Waals surface area (Å²) in [6, 6.07) is 7.17. The monoisotopic (exact) mass is 346 g/mol. The van der Waals surface area contributed by atoms with Crippen molar-refractivity contribution in [3.63, 3.8) is 0 Å². The first kappa shape index (κ1) is 16.5. The van der Waals surface area contributed by atoms with Crippen LogP contribution in [0.25, 0.3) is 10.9 Å². The molecule has 126 valence electrons. The molecule has 0 N–H and O–H groups in total. The minimum atomic E-state index is -1.19. The first-order chi connectivity index (χ1) is 11.5. The number of aromatic nitrogens is 4. The van der Waals surface area contributed by atoms with Gasteiger partial charge in [-0.25, -0.2) is 4.98 Å². The molecule has 0 bridgehead atoms. The predicted octanol–water partition coefficient (Wildman–Crippen LogP) is 1.85. The Morgan fingerprint density at radius 3 is 2.83 bits per heavy atom. The van der Waals surface area contributed by atoms with Gasteiger partial charge in [0.25, 0.3) is 5.56 Å². The van der Waals surface area contributed by atoms with Crippen molar-refractivity contribution in [2.45, 2.75) is 32.1 Å². The van der Waals surface area contributed by atoms with Gasteiger partial charge in [-0.3, -0.25) is 13.6 Å². The average molecular weight is 346 g/mol. The molecule has 0 saturated carbocycles. The molecular formula is C16H18N4O3S. The lowest BCUT2D eigenvalue weighted by Gasteiger charge is -2.05. The zero-order valence-electron chi connectivity index (χ0n) is 13.5. The number of fused-ring (bicyclic) bond motifs is 1. The highest BCUT2D eigenvalue weighted by molar-refractivity contribution is 7.84. The van der Waals surface area contributed by atoms with Gasteiger partial charge in [0.05, 0.1) is 23.0 Å². The van der Waals surface area contributed by atoms with Crippen LogP contribution in [0.3, 0.4) is 0 Å². The van der Waals surface area contributed by atoms with Crippen LogP contribution in [-0.4, -0.2) is 29.7 Å². The smallest absolute Gasteiger partial charge is 0.261 e. The minimum Gasteiger partial charge on any atom is -0.339 e. The average Bonchev–Trinajstić information content (AvgIpc) is 3.03. The van der Waals surface area contributed by atoms with Crippen molar-refractivity contribution >= 4 is 21.7 Å². The number of para-hydroxylation sites is 1. The molecule has 24 heavy (non-hydrogen) atoms. The molecule has 0 unspecified atom stereocenters. The fraction of sp³-hybridized carbons (Fsp3) is 0.375. The van der Waals surface area contributed by atoms with E-state index in [4.69, 9.17) is 4.52 Å². The van der Waals surface area contributed by atoms with E-state index in [1.54, 1.807) is 18.2 Å². The van der Waals surface area contributed by atoms with Gasteiger partial charge in [0, 0.05) is 29.0 Å². The third-order valence-corrected chi connectivity index (χ3v) is 4.78. The number of rotatable bonds is 6. The zero-order valence-corrected chi connectivity index (χ0v) is 14.3. The molecular weight excluding hydrogens is 328 g/mol. The largest absolute Gasteiger partial charge is 0.339 e. The second kappa shape index (κ2) is 7.04. The number of aryl methyl sites for hydroxylation is 1. The van der Waals surface area contributed by atoms with Crippen LogP contribution in [0.1, 0.15) is 31.5 Å². The number of nitrogens with zero attached hydrogens (tertiary/aromatic N) is 4. The summed E-state index contributed by atoms with van der Waals surface area (Å²) >= 11 is 0. The first-order valence-electron chi connectivity index (χ1n) is 7.66. The van der Waals surface area contributed by atoms with Crippen molar-refractivity contribution in [3.05, 3.63) is 52.7 Å². The van der Waals surface area contributed by atoms with Crippen LogP contribution in [0.2, 0.25) is 0 Å². The molecule has 1 atom stereocenters. The Bertz CT molecular complexity index is 932. The highest BCUT2D eigenvalue weighted by atomic mass is 32.2. The van der Waals surface area contributed by atoms with Crippen molar-refractivity contribution in [1.29, 1.82) is 0 Å². The summed E-state index contributed by atoms with van der Waals surface area (Å²) in [7, 11) is -1.19. The Morgan fingerprint density at radius 2 is 2.08 bits per heavy atom. The fourth-order valence-electron chi connectivity index (χ4n) is 2.24. The van der Waals surface area contributed by atoms with E-state index in [1.807, 2.05) is 19.9 Å². The molecule has 0 amide bonds. The molecule has 8 heteroatoms. The SMILES string of the molecule is CC(C)c1nc(C[S@@](=O)CCn2cnc3ccccc3c2=O)no1. The quantitative estimate of drug-likeness (QED) is 0.676. The van der Waals surface area contributed by atoms with E-state index in [0.717, 1.165) is 0 Å². The van der Waals surface area contributed by atoms with E-state index < -0.39 is 10.8 Å². The number of hydrogen-bond donors (Lipinski definition) is 0. The maximum Gasteiger partial charge on any atom is 0.261 e.